The van der Waals surface area contributed by atoms with Gasteiger partial charge in [-0.1, -0.05) is 13.3 Å². The van der Waals surface area contributed by atoms with E-state index in [1.54, 1.807) is 0 Å². The maximum atomic E-state index is 12.0. The number of rotatable bonds is 3. The fourth-order valence-corrected chi connectivity index (χ4v) is 3.19. The molecule has 0 aromatic rings. The zero-order valence-electron chi connectivity index (χ0n) is 10.9. The van der Waals surface area contributed by atoms with Crippen LogP contribution in [0.5, 0.6) is 0 Å². The second kappa shape index (κ2) is 5.83. The van der Waals surface area contributed by atoms with Gasteiger partial charge >= 0.3 is 5.97 Å². The van der Waals surface area contributed by atoms with E-state index < -0.39 is 0 Å². The van der Waals surface area contributed by atoms with Crippen LogP contribution in [0.25, 0.3) is 0 Å². The zero-order chi connectivity index (χ0) is 12.3. The van der Waals surface area contributed by atoms with Crippen LogP contribution in [-0.4, -0.2) is 49.2 Å². The Bertz CT molecular complexity index is 270. The molecule has 17 heavy (non-hydrogen) atoms. The number of esters is 1. The number of carbonyl (C=O) groups is 1. The molecule has 4 nitrogen and oxygen atoms in total. The van der Waals surface area contributed by atoms with Gasteiger partial charge in [-0.25, -0.2) is 0 Å². The highest BCUT2D eigenvalue weighted by Gasteiger charge is 2.38. The Hall–Kier alpha value is -0.610. The van der Waals surface area contributed by atoms with Crippen LogP contribution in [0.4, 0.5) is 0 Å². The monoisotopic (exact) mass is 240 g/mol. The quantitative estimate of drug-likeness (QED) is 0.748. The van der Waals surface area contributed by atoms with E-state index in [1.165, 1.54) is 19.3 Å². The van der Waals surface area contributed by atoms with Crippen LogP contribution < -0.4 is 5.32 Å². The third kappa shape index (κ3) is 2.80. The van der Waals surface area contributed by atoms with Crippen LogP contribution in [0.3, 0.4) is 0 Å². The minimum absolute atomic E-state index is 0.0567. The van der Waals surface area contributed by atoms with Crippen molar-refractivity contribution in [3.05, 3.63) is 0 Å². The van der Waals surface area contributed by atoms with Gasteiger partial charge in [0.05, 0.1) is 6.61 Å². The van der Waals surface area contributed by atoms with Crippen molar-refractivity contribution < 1.29 is 9.53 Å². The highest BCUT2D eigenvalue weighted by molar-refractivity contribution is 5.76. The molecule has 2 aliphatic rings. The van der Waals surface area contributed by atoms with Crippen molar-refractivity contribution in [2.24, 2.45) is 5.92 Å². The lowest BCUT2D eigenvalue weighted by atomic mass is 10.0. The number of nitrogens with zero attached hydrogens (tertiary/aromatic N) is 1. The molecule has 0 spiro atoms. The second-order valence-electron chi connectivity index (χ2n) is 5.19. The van der Waals surface area contributed by atoms with E-state index in [0.717, 1.165) is 19.6 Å². The van der Waals surface area contributed by atoms with E-state index in [-0.39, 0.29) is 12.0 Å². The maximum absolute atomic E-state index is 12.0. The number of nitrogens with one attached hydrogen (secondary N) is 1. The van der Waals surface area contributed by atoms with Crippen LogP contribution in [-0.2, 0) is 9.53 Å². The molecule has 98 valence electrons. The lowest BCUT2D eigenvalue weighted by Gasteiger charge is -2.40. The molecule has 0 aromatic heterocycles. The average Bonchev–Trinajstić information content (AvgIpc) is 2.76. The summed E-state index contributed by atoms with van der Waals surface area (Å²) >= 11 is 0. The summed E-state index contributed by atoms with van der Waals surface area (Å²) in [5.41, 5.74) is 0. The van der Waals surface area contributed by atoms with Crippen molar-refractivity contribution >= 4 is 5.97 Å². The van der Waals surface area contributed by atoms with Crippen LogP contribution >= 0.6 is 0 Å². The molecule has 3 atom stereocenters. The summed E-state index contributed by atoms with van der Waals surface area (Å²) in [6.45, 7) is 7.35. The van der Waals surface area contributed by atoms with Gasteiger partial charge < -0.3 is 10.1 Å². The summed E-state index contributed by atoms with van der Waals surface area (Å²) in [6.07, 6.45) is 3.83. The van der Waals surface area contributed by atoms with Gasteiger partial charge in [0.15, 0.2) is 0 Å². The first kappa shape index (κ1) is 12.8. The van der Waals surface area contributed by atoms with Gasteiger partial charge in [-0.3, -0.25) is 9.69 Å². The first-order valence-corrected chi connectivity index (χ1v) is 6.87. The Balaban J connectivity index is 2.03. The Labute approximate surface area is 104 Å². The number of ether oxygens (including phenoxy) is 1. The molecule has 0 amide bonds. The standard InChI is InChI=1S/C13H24N2O2/c1-3-17-13(16)12-9-14-7-8-15(12)11-6-4-5-10(11)2/h10-12,14H,3-9H2,1-2H3. The summed E-state index contributed by atoms with van der Waals surface area (Å²) in [6, 6.07) is 0.501. The van der Waals surface area contributed by atoms with Crippen LogP contribution in [0.15, 0.2) is 0 Å². The minimum atomic E-state index is -0.0748. The Morgan fingerprint density at radius 3 is 2.94 bits per heavy atom. The minimum Gasteiger partial charge on any atom is -0.465 e. The third-order valence-corrected chi connectivity index (χ3v) is 4.09. The lowest BCUT2D eigenvalue weighted by Crippen LogP contribution is -2.59. The van der Waals surface area contributed by atoms with E-state index in [0.29, 0.717) is 18.6 Å². The smallest absolute Gasteiger partial charge is 0.324 e. The predicted molar refractivity (Wildman–Crippen MR) is 66.8 cm³/mol. The molecule has 0 bridgehead atoms. The maximum Gasteiger partial charge on any atom is 0.324 e. The number of piperazine rings is 1. The largest absolute Gasteiger partial charge is 0.465 e. The van der Waals surface area contributed by atoms with Crippen molar-refractivity contribution in [3.63, 3.8) is 0 Å². The normalized spacial score (nSPS) is 34.8. The summed E-state index contributed by atoms with van der Waals surface area (Å²) in [4.78, 5) is 14.3. The van der Waals surface area contributed by atoms with Gasteiger partial charge in [0.2, 0.25) is 0 Å². The van der Waals surface area contributed by atoms with Crippen LogP contribution in [0, 0.1) is 5.92 Å². The summed E-state index contributed by atoms with van der Waals surface area (Å²) in [7, 11) is 0. The van der Waals surface area contributed by atoms with Crippen molar-refractivity contribution in [3.8, 4) is 0 Å². The van der Waals surface area contributed by atoms with Crippen molar-refractivity contribution in [1.82, 2.24) is 10.2 Å². The molecule has 1 aliphatic heterocycles. The Kier molecular flexibility index (Phi) is 4.40. The van der Waals surface area contributed by atoms with Crippen molar-refractivity contribution in [2.45, 2.75) is 45.2 Å². The molecule has 1 saturated carbocycles. The molecular formula is C13H24N2O2. The van der Waals surface area contributed by atoms with Crippen molar-refractivity contribution in [1.29, 1.82) is 0 Å². The second-order valence-corrected chi connectivity index (χ2v) is 5.19. The third-order valence-electron chi connectivity index (χ3n) is 4.09. The average molecular weight is 240 g/mol. The fraction of sp³-hybridized carbons (Fsp3) is 0.923. The number of hydrogen-bond acceptors (Lipinski definition) is 4. The summed E-state index contributed by atoms with van der Waals surface area (Å²) in [5.74, 6) is 0.656. The summed E-state index contributed by atoms with van der Waals surface area (Å²) < 4.78 is 5.19. The van der Waals surface area contributed by atoms with Crippen LogP contribution in [0.1, 0.15) is 33.1 Å². The molecule has 4 heteroatoms. The fourth-order valence-electron chi connectivity index (χ4n) is 3.19. The van der Waals surface area contributed by atoms with Gasteiger partial charge in [-0.2, -0.15) is 0 Å². The highest BCUT2D eigenvalue weighted by atomic mass is 16.5. The van der Waals surface area contributed by atoms with E-state index in [2.05, 4.69) is 17.1 Å². The number of carbonyl (C=O) groups excluding carboxylic acids is 1. The highest BCUT2D eigenvalue weighted by Crippen LogP contribution is 2.31. The molecule has 1 saturated heterocycles. The van der Waals surface area contributed by atoms with E-state index in [4.69, 9.17) is 4.74 Å². The molecule has 2 fully saturated rings. The van der Waals surface area contributed by atoms with Gasteiger partial charge in [0, 0.05) is 25.7 Å². The van der Waals surface area contributed by atoms with E-state index in [9.17, 15) is 4.79 Å². The predicted octanol–water partition coefficient (Wildman–Crippen LogP) is 1.01. The summed E-state index contributed by atoms with van der Waals surface area (Å²) in [5, 5.41) is 3.30. The first-order valence-electron chi connectivity index (χ1n) is 6.87. The van der Waals surface area contributed by atoms with Gasteiger partial charge in [0.25, 0.3) is 0 Å². The van der Waals surface area contributed by atoms with Crippen LogP contribution in [0.2, 0.25) is 0 Å². The molecule has 1 heterocycles. The Morgan fingerprint density at radius 2 is 2.29 bits per heavy atom. The molecule has 1 N–H and O–H groups in total. The zero-order valence-corrected chi connectivity index (χ0v) is 10.9. The molecular weight excluding hydrogens is 216 g/mol. The molecule has 0 aromatic carbocycles. The number of hydrogen-bond donors (Lipinski definition) is 1. The lowest BCUT2D eigenvalue weighted by molar-refractivity contribution is -0.151. The van der Waals surface area contributed by atoms with Gasteiger partial charge in [-0.05, 0) is 25.7 Å². The molecule has 1 aliphatic carbocycles. The molecule has 3 unspecified atom stereocenters. The van der Waals surface area contributed by atoms with Gasteiger partial charge in [-0.15, -0.1) is 0 Å². The van der Waals surface area contributed by atoms with E-state index in [1.807, 2.05) is 6.92 Å². The van der Waals surface area contributed by atoms with Gasteiger partial charge in [0.1, 0.15) is 6.04 Å². The topological polar surface area (TPSA) is 41.6 Å². The van der Waals surface area contributed by atoms with E-state index >= 15 is 0 Å². The molecule has 2 rings (SSSR count). The Morgan fingerprint density at radius 1 is 1.47 bits per heavy atom. The SMILES string of the molecule is CCOC(=O)C1CNCCN1C1CCCC1C. The molecule has 0 radical (unpaired) electrons. The van der Waals surface area contributed by atoms with Crippen molar-refractivity contribution in [2.75, 3.05) is 26.2 Å². The first-order chi connectivity index (χ1) is 8.24.